The molecule has 0 saturated carbocycles. The van der Waals surface area contributed by atoms with Gasteiger partial charge in [0.2, 0.25) is 17.7 Å². The van der Waals surface area contributed by atoms with E-state index in [9.17, 15) is 24.4 Å². The lowest BCUT2D eigenvalue weighted by atomic mass is 9.96. The van der Waals surface area contributed by atoms with Crippen LogP contribution in [-0.4, -0.2) is 52.4 Å². The molecule has 1 rings (SSSR count). The number of hydrogen-bond acceptors (Lipinski definition) is 6. The van der Waals surface area contributed by atoms with Crippen molar-refractivity contribution in [2.24, 2.45) is 5.73 Å². The van der Waals surface area contributed by atoms with Crippen molar-refractivity contribution in [2.75, 3.05) is 6.54 Å². The zero-order valence-electron chi connectivity index (χ0n) is 21.7. The minimum Gasteiger partial charge on any atom is -0.444 e. The molecule has 10 heteroatoms. The molecule has 0 heterocycles. The Labute approximate surface area is 212 Å². The van der Waals surface area contributed by atoms with Crippen molar-refractivity contribution in [2.45, 2.75) is 77.6 Å². The van der Waals surface area contributed by atoms with Gasteiger partial charge in [-0.1, -0.05) is 24.1 Å². The number of nitrogens with zero attached hydrogens (tertiary/aromatic N) is 2. The van der Waals surface area contributed by atoms with Crippen molar-refractivity contribution in [1.82, 2.24) is 15.5 Å². The number of nitrogens with two attached hydrogens (primary N) is 1. The number of rotatable bonds is 9. The zero-order valence-corrected chi connectivity index (χ0v) is 21.7. The van der Waals surface area contributed by atoms with E-state index in [4.69, 9.17) is 16.9 Å². The normalized spacial score (nSPS) is 12.8. The molecule has 0 saturated heterocycles. The largest absolute Gasteiger partial charge is 0.444 e. The number of carbonyl (C=O) groups excluding carboxylic acids is 4. The highest BCUT2D eigenvalue weighted by molar-refractivity contribution is 5.93. The van der Waals surface area contributed by atoms with Crippen molar-refractivity contribution in [3.8, 4) is 18.4 Å². The van der Waals surface area contributed by atoms with Crippen molar-refractivity contribution in [1.29, 1.82) is 5.26 Å². The summed E-state index contributed by atoms with van der Waals surface area (Å²) in [6.07, 6.45) is 4.36. The summed E-state index contributed by atoms with van der Waals surface area (Å²) >= 11 is 0. The molecule has 0 bridgehead atoms. The Morgan fingerprint density at radius 3 is 2.25 bits per heavy atom. The highest BCUT2D eigenvalue weighted by Gasteiger charge is 2.38. The Kier molecular flexibility index (Phi) is 10.5. The fourth-order valence-electron chi connectivity index (χ4n) is 3.32. The first-order valence-corrected chi connectivity index (χ1v) is 11.4. The van der Waals surface area contributed by atoms with Crippen LogP contribution >= 0.6 is 0 Å². The Balaban J connectivity index is 3.58. The molecule has 0 aromatic heterocycles. The second kappa shape index (κ2) is 12.6. The van der Waals surface area contributed by atoms with Gasteiger partial charge in [-0.2, -0.15) is 5.26 Å². The summed E-state index contributed by atoms with van der Waals surface area (Å²) in [4.78, 5) is 52.2. The zero-order chi connectivity index (χ0) is 27.7. The van der Waals surface area contributed by atoms with Gasteiger partial charge in [0.1, 0.15) is 24.2 Å². The molecular formula is C26H35N5O5. The van der Waals surface area contributed by atoms with E-state index in [0.717, 1.165) is 4.90 Å². The van der Waals surface area contributed by atoms with Gasteiger partial charge in [0, 0.05) is 17.5 Å². The molecule has 36 heavy (non-hydrogen) atoms. The van der Waals surface area contributed by atoms with Gasteiger partial charge in [0.25, 0.3) is 0 Å². The smallest absolute Gasteiger partial charge is 0.408 e. The third kappa shape index (κ3) is 9.67. The second-order valence-electron chi connectivity index (χ2n) is 10.2. The molecule has 0 spiro atoms. The molecule has 1 aromatic carbocycles. The van der Waals surface area contributed by atoms with Crippen LogP contribution in [0, 0.1) is 23.7 Å². The maximum absolute atomic E-state index is 13.8. The van der Waals surface area contributed by atoms with Gasteiger partial charge < -0.3 is 26.0 Å². The lowest BCUT2D eigenvalue weighted by Crippen LogP contribution is -2.55. The van der Waals surface area contributed by atoms with Crippen LogP contribution in [0.15, 0.2) is 24.3 Å². The number of nitriles is 1. The molecule has 0 aliphatic rings. The number of benzene rings is 1. The summed E-state index contributed by atoms with van der Waals surface area (Å²) in [6.45, 7) is 9.76. The summed E-state index contributed by atoms with van der Waals surface area (Å²) in [5, 5.41) is 14.8. The first kappa shape index (κ1) is 30.0. The predicted octanol–water partition coefficient (Wildman–Crippen LogP) is 2.13. The van der Waals surface area contributed by atoms with Crippen molar-refractivity contribution in [3.63, 3.8) is 0 Å². The van der Waals surface area contributed by atoms with E-state index in [2.05, 4.69) is 16.6 Å². The lowest BCUT2D eigenvalue weighted by Gasteiger charge is -2.35. The number of alkyl carbamates (subject to hydrolysis) is 1. The van der Waals surface area contributed by atoms with Gasteiger partial charge in [-0.15, -0.1) is 6.42 Å². The molecule has 4 amide bonds. The second-order valence-corrected chi connectivity index (χ2v) is 10.2. The van der Waals surface area contributed by atoms with Crippen LogP contribution in [0.1, 0.15) is 71.6 Å². The molecular weight excluding hydrogens is 462 g/mol. The van der Waals surface area contributed by atoms with E-state index < -0.39 is 53.6 Å². The maximum Gasteiger partial charge on any atom is 0.408 e. The topological polar surface area (TPSA) is 155 Å². The van der Waals surface area contributed by atoms with E-state index in [1.165, 1.54) is 0 Å². The van der Waals surface area contributed by atoms with E-state index in [-0.39, 0.29) is 12.8 Å². The molecule has 2 atom stereocenters. The van der Waals surface area contributed by atoms with Crippen molar-refractivity contribution in [3.05, 3.63) is 35.4 Å². The monoisotopic (exact) mass is 497 g/mol. The molecule has 0 radical (unpaired) electrons. The summed E-state index contributed by atoms with van der Waals surface area (Å²) in [7, 11) is 0. The summed E-state index contributed by atoms with van der Waals surface area (Å²) < 4.78 is 5.25. The number of amides is 4. The quantitative estimate of drug-likeness (QED) is 0.351. The van der Waals surface area contributed by atoms with Crippen LogP contribution in [0.4, 0.5) is 4.79 Å². The summed E-state index contributed by atoms with van der Waals surface area (Å²) in [6, 6.07) is 5.87. The number of hydrogen-bond donors (Lipinski definition) is 3. The van der Waals surface area contributed by atoms with Gasteiger partial charge in [-0.3, -0.25) is 14.4 Å². The van der Waals surface area contributed by atoms with E-state index in [0.29, 0.717) is 11.1 Å². The highest BCUT2D eigenvalue weighted by atomic mass is 16.6. The summed E-state index contributed by atoms with van der Waals surface area (Å²) in [5.74, 6) is 0.472. The van der Waals surface area contributed by atoms with Gasteiger partial charge in [0.05, 0.1) is 6.07 Å². The Morgan fingerprint density at radius 2 is 1.75 bits per heavy atom. The minimum atomic E-state index is -1.30. The molecule has 194 valence electrons. The van der Waals surface area contributed by atoms with Crippen LogP contribution in [0.5, 0.6) is 0 Å². The predicted molar refractivity (Wildman–Crippen MR) is 134 cm³/mol. The number of primary amides is 1. The molecule has 10 nitrogen and oxygen atoms in total. The fraction of sp³-hybridized carbons (Fsp3) is 0.500. The number of terminal acetylenes is 1. The highest BCUT2D eigenvalue weighted by Crippen LogP contribution is 2.26. The van der Waals surface area contributed by atoms with Crippen LogP contribution in [0.3, 0.4) is 0 Å². The van der Waals surface area contributed by atoms with E-state index in [1.807, 2.05) is 6.07 Å². The average Bonchev–Trinajstić information content (AvgIpc) is 2.73. The standard InChI is InChI=1S/C26H35N5O5/c1-8-17-11-9-10-12-18(17)21(22(33)30-25(2,3)4)31(16-15-27)23(34)19(13-14-20(28)32)29-24(35)36-26(5,6)7/h1,9-12,19,21H,13-14,16H2,2-7H3,(H2,28,32)(H,29,35)(H,30,33). The SMILES string of the molecule is C#Cc1ccccc1C(C(=O)NC(C)(C)C)N(CC#N)C(=O)C(CCC(N)=O)NC(=O)OC(C)(C)C. The van der Waals surface area contributed by atoms with Crippen LogP contribution in [-0.2, 0) is 19.1 Å². The van der Waals surface area contributed by atoms with Gasteiger partial charge >= 0.3 is 6.09 Å². The molecule has 1 aromatic rings. The minimum absolute atomic E-state index is 0.167. The molecule has 0 fully saturated rings. The lowest BCUT2D eigenvalue weighted by molar-refractivity contribution is -0.142. The Hall–Kier alpha value is -4.05. The number of nitrogens with one attached hydrogen (secondary N) is 2. The first-order chi connectivity index (χ1) is 16.6. The van der Waals surface area contributed by atoms with Gasteiger partial charge in [0.15, 0.2) is 0 Å². The van der Waals surface area contributed by atoms with Crippen molar-refractivity contribution < 1.29 is 23.9 Å². The van der Waals surface area contributed by atoms with Crippen molar-refractivity contribution >= 4 is 23.8 Å². The van der Waals surface area contributed by atoms with Gasteiger partial charge in [-0.25, -0.2) is 4.79 Å². The third-order valence-electron chi connectivity index (χ3n) is 4.66. The average molecular weight is 498 g/mol. The molecule has 0 aliphatic heterocycles. The maximum atomic E-state index is 13.8. The van der Waals surface area contributed by atoms with E-state index >= 15 is 0 Å². The molecule has 2 unspecified atom stereocenters. The molecule has 0 aliphatic carbocycles. The summed E-state index contributed by atoms with van der Waals surface area (Å²) in [5.41, 5.74) is 4.44. The van der Waals surface area contributed by atoms with Gasteiger partial charge in [-0.05, 0) is 59.6 Å². The Morgan fingerprint density at radius 1 is 1.14 bits per heavy atom. The molecule has 4 N–H and O–H groups in total. The number of carbonyl (C=O) groups is 4. The fourth-order valence-corrected chi connectivity index (χ4v) is 3.32. The number of ether oxygens (including phenoxy) is 1. The van der Waals surface area contributed by atoms with Crippen LogP contribution in [0.25, 0.3) is 0 Å². The Bertz CT molecular complexity index is 1060. The van der Waals surface area contributed by atoms with Crippen LogP contribution in [0.2, 0.25) is 0 Å². The first-order valence-electron chi connectivity index (χ1n) is 11.4. The van der Waals surface area contributed by atoms with Crippen LogP contribution < -0.4 is 16.4 Å². The third-order valence-corrected chi connectivity index (χ3v) is 4.66. The van der Waals surface area contributed by atoms with E-state index in [1.54, 1.807) is 65.8 Å².